The van der Waals surface area contributed by atoms with Crippen molar-refractivity contribution in [3.05, 3.63) is 29.6 Å². The van der Waals surface area contributed by atoms with Crippen LogP contribution in [0.1, 0.15) is 18.9 Å². The molecule has 22 heavy (non-hydrogen) atoms. The summed E-state index contributed by atoms with van der Waals surface area (Å²) in [7, 11) is 1.43. The number of carbonyl (C=O) groups excluding carboxylic acids is 1. The summed E-state index contributed by atoms with van der Waals surface area (Å²) in [5, 5.41) is 11.6. The molecule has 0 aromatic heterocycles. The Hall–Kier alpha value is -1.99. The quantitative estimate of drug-likeness (QED) is 0.866. The van der Waals surface area contributed by atoms with Gasteiger partial charge in [0.05, 0.1) is 6.61 Å². The third-order valence-electron chi connectivity index (χ3n) is 3.61. The van der Waals surface area contributed by atoms with Crippen molar-refractivity contribution in [1.82, 2.24) is 0 Å². The predicted octanol–water partition coefficient (Wildman–Crippen LogP) is 1.79. The highest BCUT2D eigenvalue weighted by Crippen LogP contribution is 2.28. The van der Waals surface area contributed by atoms with Gasteiger partial charge in [0, 0.05) is 18.4 Å². The number of methoxy groups -OCH3 is 1. The van der Waals surface area contributed by atoms with Crippen molar-refractivity contribution in [1.29, 1.82) is 0 Å². The number of carboxylic acids is 1. The SMILES string of the molecule is COCc1c(F)cccc1NC(=O)[C@@H]1C[C@H](C)[C@@H](C(=O)O)O1. The molecule has 3 atom stereocenters. The first-order valence-electron chi connectivity index (χ1n) is 6.89. The number of amides is 1. The zero-order valence-corrected chi connectivity index (χ0v) is 12.3. The second kappa shape index (κ2) is 6.85. The molecule has 1 aliphatic heterocycles. The summed E-state index contributed by atoms with van der Waals surface area (Å²) in [5.74, 6) is -2.32. The van der Waals surface area contributed by atoms with Crippen LogP contribution in [-0.2, 0) is 25.7 Å². The number of nitrogens with one attached hydrogen (secondary N) is 1. The fraction of sp³-hybridized carbons (Fsp3) is 0.467. The molecule has 1 saturated heterocycles. The number of rotatable bonds is 5. The van der Waals surface area contributed by atoms with E-state index in [1.807, 2.05) is 0 Å². The van der Waals surface area contributed by atoms with Crippen molar-refractivity contribution in [2.24, 2.45) is 5.92 Å². The summed E-state index contributed by atoms with van der Waals surface area (Å²) in [6.07, 6.45) is -1.56. The van der Waals surface area contributed by atoms with Gasteiger partial charge in [0.2, 0.25) is 0 Å². The van der Waals surface area contributed by atoms with Gasteiger partial charge in [-0.15, -0.1) is 0 Å². The number of hydrogen-bond donors (Lipinski definition) is 2. The van der Waals surface area contributed by atoms with Gasteiger partial charge >= 0.3 is 5.97 Å². The first-order chi connectivity index (χ1) is 10.4. The number of ether oxygens (including phenoxy) is 2. The van der Waals surface area contributed by atoms with Gasteiger partial charge in [-0.25, -0.2) is 9.18 Å². The van der Waals surface area contributed by atoms with Crippen LogP contribution in [0.15, 0.2) is 18.2 Å². The molecule has 7 heteroatoms. The molecule has 1 amide bonds. The zero-order valence-electron chi connectivity index (χ0n) is 12.3. The molecular weight excluding hydrogens is 293 g/mol. The summed E-state index contributed by atoms with van der Waals surface area (Å²) >= 11 is 0. The van der Waals surface area contributed by atoms with Crippen LogP contribution < -0.4 is 5.32 Å². The van der Waals surface area contributed by atoms with E-state index >= 15 is 0 Å². The van der Waals surface area contributed by atoms with E-state index in [2.05, 4.69) is 5.32 Å². The van der Waals surface area contributed by atoms with Gasteiger partial charge in [0.25, 0.3) is 5.91 Å². The van der Waals surface area contributed by atoms with Gasteiger partial charge in [-0.3, -0.25) is 4.79 Å². The van der Waals surface area contributed by atoms with Crippen LogP contribution in [0.25, 0.3) is 0 Å². The van der Waals surface area contributed by atoms with E-state index in [9.17, 15) is 14.0 Å². The molecular formula is C15H18FNO5. The minimum atomic E-state index is -1.09. The van der Waals surface area contributed by atoms with Crippen molar-refractivity contribution in [2.45, 2.75) is 32.2 Å². The molecule has 0 bridgehead atoms. The molecule has 1 aliphatic rings. The highest BCUT2D eigenvalue weighted by atomic mass is 19.1. The summed E-state index contributed by atoms with van der Waals surface area (Å²) in [6, 6.07) is 4.31. The summed E-state index contributed by atoms with van der Waals surface area (Å²) < 4.78 is 23.9. The smallest absolute Gasteiger partial charge is 0.333 e. The molecule has 1 heterocycles. The Morgan fingerprint density at radius 2 is 2.23 bits per heavy atom. The van der Waals surface area contributed by atoms with Gasteiger partial charge in [0.1, 0.15) is 11.9 Å². The molecule has 0 saturated carbocycles. The summed E-state index contributed by atoms with van der Waals surface area (Å²) in [4.78, 5) is 23.2. The van der Waals surface area contributed by atoms with Crippen LogP contribution in [-0.4, -0.2) is 36.3 Å². The Balaban J connectivity index is 2.10. The molecule has 2 rings (SSSR count). The first-order valence-corrected chi connectivity index (χ1v) is 6.89. The molecule has 0 unspecified atom stereocenters. The van der Waals surface area contributed by atoms with Crippen molar-refractivity contribution in [2.75, 3.05) is 12.4 Å². The Kier molecular flexibility index (Phi) is 5.10. The molecule has 1 aromatic carbocycles. The first kappa shape index (κ1) is 16.4. The van der Waals surface area contributed by atoms with Crippen LogP contribution >= 0.6 is 0 Å². The average Bonchev–Trinajstić information content (AvgIpc) is 2.85. The van der Waals surface area contributed by atoms with E-state index in [0.29, 0.717) is 12.1 Å². The van der Waals surface area contributed by atoms with Crippen LogP contribution in [0.5, 0.6) is 0 Å². The van der Waals surface area contributed by atoms with Gasteiger partial charge in [-0.1, -0.05) is 13.0 Å². The third-order valence-corrected chi connectivity index (χ3v) is 3.61. The summed E-state index contributed by atoms with van der Waals surface area (Å²) in [5.41, 5.74) is 0.529. The maximum atomic E-state index is 13.8. The van der Waals surface area contributed by atoms with E-state index in [4.69, 9.17) is 14.6 Å². The Morgan fingerprint density at radius 3 is 2.82 bits per heavy atom. The van der Waals surface area contributed by atoms with Gasteiger partial charge < -0.3 is 19.9 Å². The Labute approximate surface area is 127 Å². The lowest BCUT2D eigenvalue weighted by Crippen LogP contribution is -2.30. The lowest BCUT2D eigenvalue weighted by atomic mass is 10.0. The fourth-order valence-corrected chi connectivity index (χ4v) is 2.48. The lowest BCUT2D eigenvalue weighted by molar-refractivity contribution is -0.152. The number of carboxylic acid groups (broad SMARTS) is 1. The zero-order chi connectivity index (χ0) is 16.3. The molecule has 0 aliphatic carbocycles. The van der Waals surface area contributed by atoms with Crippen molar-refractivity contribution in [3.63, 3.8) is 0 Å². The monoisotopic (exact) mass is 311 g/mol. The minimum Gasteiger partial charge on any atom is -0.479 e. The minimum absolute atomic E-state index is 0.0158. The number of benzene rings is 1. The van der Waals surface area contributed by atoms with E-state index in [1.165, 1.54) is 19.2 Å². The Morgan fingerprint density at radius 1 is 1.50 bits per heavy atom. The number of aliphatic carboxylic acids is 1. The van der Waals surface area contributed by atoms with Crippen LogP contribution in [0.3, 0.4) is 0 Å². The van der Waals surface area contributed by atoms with Crippen LogP contribution in [0, 0.1) is 11.7 Å². The molecule has 2 N–H and O–H groups in total. The van der Waals surface area contributed by atoms with E-state index in [0.717, 1.165) is 0 Å². The van der Waals surface area contributed by atoms with Gasteiger partial charge in [-0.2, -0.15) is 0 Å². The number of anilines is 1. The fourth-order valence-electron chi connectivity index (χ4n) is 2.48. The normalized spacial score (nSPS) is 24.2. The molecule has 120 valence electrons. The molecule has 1 aromatic rings. The Bertz CT molecular complexity index is 577. The topological polar surface area (TPSA) is 84.9 Å². The number of hydrogen-bond acceptors (Lipinski definition) is 4. The van der Waals surface area contributed by atoms with E-state index < -0.39 is 29.9 Å². The number of carbonyl (C=O) groups is 2. The van der Waals surface area contributed by atoms with Crippen LogP contribution in [0.2, 0.25) is 0 Å². The molecule has 0 radical (unpaired) electrons. The predicted molar refractivity (Wildman–Crippen MR) is 75.8 cm³/mol. The lowest BCUT2D eigenvalue weighted by Gasteiger charge is -2.14. The molecule has 1 fully saturated rings. The number of halogens is 1. The van der Waals surface area contributed by atoms with Crippen molar-refractivity contribution >= 4 is 17.6 Å². The van der Waals surface area contributed by atoms with E-state index in [-0.39, 0.29) is 18.1 Å². The molecule has 0 spiro atoms. The van der Waals surface area contributed by atoms with Crippen molar-refractivity contribution < 1.29 is 28.6 Å². The average molecular weight is 311 g/mol. The third kappa shape index (κ3) is 3.42. The highest BCUT2D eigenvalue weighted by Gasteiger charge is 2.40. The van der Waals surface area contributed by atoms with Crippen LogP contribution in [0.4, 0.5) is 10.1 Å². The maximum Gasteiger partial charge on any atom is 0.333 e. The molecule has 6 nitrogen and oxygen atoms in total. The largest absolute Gasteiger partial charge is 0.479 e. The second-order valence-corrected chi connectivity index (χ2v) is 5.28. The highest BCUT2D eigenvalue weighted by molar-refractivity contribution is 5.95. The van der Waals surface area contributed by atoms with Crippen molar-refractivity contribution in [3.8, 4) is 0 Å². The van der Waals surface area contributed by atoms with Gasteiger partial charge in [0.15, 0.2) is 6.10 Å². The standard InChI is InChI=1S/C15H18FNO5/c1-8-6-12(22-13(8)15(19)20)14(18)17-11-5-3-4-10(16)9(11)7-21-2/h3-5,8,12-13H,6-7H2,1-2H3,(H,17,18)(H,19,20)/t8-,12-,13-/m0/s1. The van der Waals surface area contributed by atoms with Gasteiger partial charge in [-0.05, 0) is 24.5 Å². The second-order valence-electron chi connectivity index (χ2n) is 5.28. The van der Waals surface area contributed by atoms with E-state index in [1.54, 1.807) is 13.0 Å². The maximum absolute atomic E-state index is 13.8. The summed E-state index contributed by atoms with van der Waals surface area (Å²) in [6.45, 7) is 1.73.